The Bertz CT molecular complexity index is 9150. The number of fused-ring (bicyclic) bond motifs is 8. The van der Waals surface area contributed by atoms with E-state index in [1.54, 1.807) is 144 Å². The van der Waals surface area contributed by atoms with Crippen LogP contribution in [0.25, 0.3) is 221 Å². The molecule has 1 saturated carbocycles. The molecule has 0 aliphatic heterocycles. The van der Waals surface area contributed by atoms with Crippen LogP contribution < -0.4 is 21.3 Å². The first kappa shape index (κ1) is 94.2. The summed E-state index contributed by atoms with van der Waals surface area (Å²) in [5, 5.41) is 45.0. The Morgan fingerprint density at radius 2 is 0.605 bits per heavy atom. The monoisotopic (exact) mass is 2020 g/mol. The number of aromatic nitrogens is 28. The fourth-order valence-corrected chi connectivity index (χ4v) is 20.7. The Morgan fingerprint density at radius 1 is 0.327 bits per heavy atom. The number of rotatable bonds is 23. The third-order valence-corrected chi connectivity index (χ3v) is 28.6. The highest BCUT2D eigenvalue weighted by Gasteiger charge is 2.31. The molecule has 12 N–H and O–H groups in total. The number of amides is 4. The fourth-order valence-electron chi connectivity index (χ4n) is 17.1. The zero-order chi connectivity index (χ0) is 101. The zero-order valence-electron chi connectivity index (χ0n) is 80.7. The molecule has 0 unspecified atom stereocenters. The third-order valence-electron chi connectivity index (χ3n) is 24.5. The van der Waals surface area contributed by atoms with Crippen LogP contribution >= 0.6 is 45.3 Å². The summed E-state index contributed by atoms with van der Waals surface area (Å²) in [7, 11) is 0. The molecule has 0 aromatic carbocycles. The van der Waals surface area contributed by atoms with Crippen molar-refractivity contribution < 1.29 is 19.2 Å². The Kier molecular flexibility index (Phi) is 25.8. The zero-order valence-corrected chi connectivity index (χ0v) is 84.0. The van der Waals surface area contributed by atoms with Crippen molar-refractivity contribution in [2.24, 2.45) is 11.3 Å². The molecule has 1 aliphatic rings. The van der Waals surface area contributed by atoms with Crippen LogP contribution in [0.5, 0.6) is 0 Å². The number of anilines is 4. The number of aryl methyl sites for hydroxylation is 4. The van der Waals surface area contributed by atoms with Gasteiger partial charge in [0.25, 0.3) is 0 Å². The number of thiophene rings is 4. The van der Waals surface area contributed by atoms with Crippen molar-refractivity contribution in [2.75, 3.05) is 21.3 Å². The molecule has 25 rings (SSSR count). The van der Waals surface area contributed by atoms with Crippen LogP contribution in [0.3, 0.4) is 0 Å². The largest absolute Gasteiger partial charge is 0.335 e. The number of nitrogens with zero attached hydrogens (tertiary/aromatic N) is 20. The van der Waals surface area contributed by atoms with E-state index in [2.05, 4.69) is 225 Å². The molecule has 24 aromatic rings. The molecule has 0 radical (unpaired) electrons. The standard InChI is InChI=1S/C28H26N8OS.C27H24N8OS.C26H20N8OS.C26H22N8OS/c1-15-5-6-22(38-15)20-13-30-14-21-24(20)34-27(33-21)25-19-8-17(11-31-26(19)36-35-25)16-7-18(12-29-10-16)32-23(37)9-28(2,3)4;1-3-4-5-23(36)31-18-8-16(10-28-12-18)17-9-19-25(34-35-26(19)30-11-17)27-32-21-14-29-13-20(24(21)33-27)22-7-6-15(2)37-22;1-13-2-5-21(36-13)19-11-28-12-20-22(19)32-25(31-20)23-18-7-16(9-29-24(18)34-33-23)15-6-17(10-27-8-15)30-26(35)14-3-4-14;1-3-4-22(35)30-17-7-15(9-27-11-17)16-8-18-24(33-34-25(18)29-10-16)26-31-20-13-28-12-19(23(20)32-26)21-6-5-14(2)36-21/h5-8,10-14H,9H2,1-4H3,(H,32,37)(H,33,34)(H,31,35,36);6-14H,3-5H2,1-2H3,(H,31,36)(H,32,33)(H,30,34,35);2,5-12,14H,3-4H2,1H3,(H,30,35)(H,31,32)(H,29,33,34);5-13H,3-4H2,1-2H3,(H,30,35)(H,31,32)(H,29,33,34). The van der Waals surface area contributed by atoms with Crippen molar-refractivity contribution in [1.29, 1.82) is 0 Å². The number of unbranched alkanes of at least 4 members (excludes halogenated alkanes) is 1. The Hall–Kier alpha value is -17.8. The highest BCUT2D eigenvalue weighted by Crippen LogP contribution is 2.43. The molecule has 728 valence electrons. The van der Waals surface area contributed by atoms with Gasteiger partial charge in [-0.3, -0.25) is 79.4 Å². The number of carbonyl (C=O) groups is 4. The Morgan fingerprint density at radius 3 is 0.878 bits per heavy atom. The average Bonchev–Trinajstić information content (AvgIpc) is 1.63. The Balaban J connectivity index is 0.000000111. The van der Waals surface area contributed by atoms with Crippen LogP contribution in [-0.4, -0.2) is 164 Å². The molecule has 36 nitrogen and oxygen atoms in total. The summed E-state index contributed by atoms with van der Waals surface area (Å²) < 4.78 is 0. The number of H-pyrrole nitrogens is 8. The summed E-state index contributed by atoms with van der Waals surface area (Å²) in [6, 6.07) is 32.4. The van der Waals surface area contributed by atoms with Crippen molar-refractivity contribution in [3.8, 4) is 132 Å². The lowest BCUT2D eigenvalue weighted by Crippen LogP contribution is -2.19. The first-order valence-electron chi connectivity index (χ1n) is 47.6. The number of hydrogen-bond donors (Lipinski definition) is 12. The van der Waals surface area contributed by atoms with Gasteiger partial charge in [-0.1, -0.05) is 41.0 Å². The normalized spacial score (nSPS) is 12.0. The summed E-state index contributed by atoms with van der Waals surface area (Å²) in [4.78, 5) is 145. The van der Waals surface area contributed by atoms with Gasteiger partial charge in [0.05, 0.1) is 116 Å². The lowest BCUT2D eigenvalue weighted by molar-refractivity contribution is -0.118. The Labute approximate surface area is 852 Å². The van der Waals surface area contributed by atoms with Gasteiger partial charge in [0.2, 0.25) is 23.6 Å². The topological polar surface area (TPSA) is 501 Å². The maximum atomic E-state index is 12.4. The highest BCUT2D eigenvalue weighted by molar-refractivity contribution is 7.16. The van der Waals surface area contributed by atoms with Gasteiger partial charge in [-0.15, -0.1) is 45.3 Å². The van der Waals surface area contributed by atoms with E-state index in [-0.39, 0.29) is 35.0 Å². The SMILES string of the molecule is CCCC(=O)Nc1cncc(-c2cnc3n[nH]c(-c4nc5c(-c6ccc(C)s6)cncc5[nH]4)c3c2)c1.CCCCC(=O)Nc1cncc(-c2cnc3n[nH]c(-c4nc5c(-c6ccc(C)s6)cncc5[nH]4)c3c2)c1.Cc1ccc(-c2cncc3[nH]c(-c4[nH]nc5ncc(-c6cncc(NC(=O)C7CC7)c6)cc45)nc23)s1.Cc1ccc(-c2cncc3[nH]c(-c4[nH]nc5ncc(-c6cncc(NC(=O)CC(C)(C)C)c6)cc45)nc23)s1. The van der Waals surface area contributed by atoms with E-state index in [1.807, 2.05) is 101 Å². The summed E-state index contributed by atoms with van der Waals surface area (Å²) in [6.45, 7) is 18.5. The minimum Gasteiger partial charge on any atom is -0.335 e. The van der Waals surface area contributed by atoms with Crippen molar-refractivity contribution >= 4 is 180 Å². The quantitative estimate of drug-likeness (QED) is 0.0283. The molecule has 0 bridgehead atoms. The number of hydrogen-bond acceptors (Lipinski definition) is 28. The molecular weight excluding hydrogens is 1930 g/mol. The molecule has 0 atom stereocenters. The van der Waals surface area contributed by atoms with Gasteiger partial charge in [0.1, 0.15) is 44.8 Å². The van der Waals surface area contributed by atoms with Crippen LogP contribution in [-0.2, 0) is 19.2 Å². The summed E-state index contributed by atoms with van der Waals surface area (Å²) in [5.41, 5.74) is 25.4. The molecule has 24 heterocycles. The minimum absolute atomic E-state index is 0.0112. The predicted molar refractivity (Wildman–Crippen MR) is 578 cm³/mol. The van der Waals surface area contributed by atoms with Gasteiger partial charge in [-0.05, 0) is 156 Å². The minimum atomic E-state index is -0.0992. The second kappa shape index (κ2) is 40.2. The van der Waals surface area contributed by atoms with Crippen LogP contribution in [0.2, 0.25) is 0 Å². The molecule has 40 heteroatoms. The van der Waals surface area contributed by atoms with Crippen molar-refractivity contribution in [3.05, 3.63) is 241 Å². The third kappa shape index (κ3) is 20.3. The van der Waals surface area contributed by atoms with Gasteiger partial charge in [-0.2, -0.15) is 20.4 Å². The first-order valence-corrected chi connectivity index (χ1v) is 50.8. The summed E-state index contributed by atoms with van der Waals surface area (Å²) in [5.74, 6) is 2.74. The van der Waals surface area contributed by atoms with E-state index in [0.717, 1.165) is 207 Å². The van der Waals surface area contributed by atoms with E-state index < -0.39 is 0 Å². The van der Waals surface area contributed by atoms with Crippen LogP contribution in [0, 0.1) is 39.0 Å². The molecule has 1 aliphatic carbocycles. The van der Waals surface area contributed by atoms with Crippen molar-refractivity contribution in [2.45, 2.75) is 114 Å². The molecular formula is C107H92N32O4S4. The molecule has 0 saturated heterocycles. The smallest absolute Gasteiger partial charge is 0.227 e. The van der Waals surface area contributed by atoms with Gasteiger partial charge in [0, 0.05) is 205 Å². The molecule has 4 amide bonds. The van der Waals surface area contributed by atoms with Gasteiger partial charge < -0.3 is 41.2 Å². The number of imidazole rings is 4. The second-order valence-electron chi connectivity index (χ2n) is 36.9. The maximum absolute atomic E-state index is 12.4. The highest BCUT2D eigenvalue weighted by atomic mass is 32.1. The number of nitrogens with one attached hydrogen (secondary N) is 12. The first-order chi connectivity index (χ1) is 71.5. The molecule has 24 aromatic heterocycles. The molecule has 147 heavy (non-hydrogen) atoms. The van der Waals surface area contributed by atoms with Crippen LogP contribution in [0.4, 0.5) is 22.7 Å². The predicted octanol–water partition coefficient (Wildman–Crippen LogP) is 23.6. The lowest BCUT2D eigenvalue weighted by Gasteiger charge is -2.17. The lowest BCUT2D eigenvalue weighted by atomic mass is 9.92. The van der Waals surface area contributed by atoms with E-state index in [0.29, 0.717) is 87.9 Å². The van der Waals surface area contributed by atoms with Gasteiger partial charge in [0.15, 0.2) is 45.9 Å². The van der Waals surface area contributed by atoms with Gasteiger partial charge >= 0.3 is 0 Å². The molecule has 0 spiro atoms. The van der Waals surface area contributed by atoms with Crippen molar-refractivity contribution in [3.63, 3.8) is 0 Å². The maximum Gasteiger partial charge on any atom is 0.227 e. The van der Waals surface area contributed by atoms with Gasteiger partial charge in [-0.25, -0.2) is 39.9 Å². The summed E-state index contributed by atoms with van der Waals surface area (Å²) in [6.07, 6.45) is 41.1. The van der Waals surface area contributed by atoms with E-state index in [9.17, 15) is 19.2 Å². The number of pyridine rings is 12. The molecule has 1 fully saturated rings. The van der Waals surface area contributed by atoms with E-state index >= 15 is 0 Å². The average molecular weight is 2020 g/mol. The second-order valence-corrected chi connectivity index (χ2v) is 42.1. The number of carbonyl (C=O) groups excluding carboxylic acids is 4. The van der Waals surface area contributed by atoms with E-state index in [4.69, 9.17) is 19.9 Å². The van der Waals surface area contributed by atoms with Crippen LogP contribution in [0.1, 0.15) is 105 Å². The number of aromatic amines is 8. The van der Waals surface area contributed by atoms with Crippen molar-refractivity contribution in [1.82, 2.24) is 140 Å². The van der Waals surface area contributed by atoms with Crippen LogP contribution in [0.15, 0.2) is 221 Å². The summed E-state index contributed by atoms with van der Waals surface area (Å²) >= 11 is 6.87. The fraction of sp³-hybridized carbons (Fsp3) is 0.178. The van der Waals surface area contributed by atoms with E-state index in [1.165, 1.54) is 19.5 Å².